The van der Waals surface area contributed by atoms with Crippen molar-refractivity contribution < 1.29 is 32.2 Å². The lowest BCUT2D eigenvalue weighted by Gasteiger charge is -2.34. The molecule has 1 N–H and O–H groups in total. The van der Waals surface area contributed by atoms with Gasteiger partial charge < -0.3 is 24.4 Å². The van der Waals surface area contributed by atoms with Crippen molar-refractivity contribution in [2.24, 2.45) is 0 Å². The molecule has 276 valence electrons. The summed E-state index contributed by atoms with van der Waals surface area (Å²) in [5, 5.41) is 3.78. The number of hydrogen-bond acceptors (Lipinski definition) is 7. The Hall–Kier alpha value is -4.45. The van der Waals surface area contributed by atoms with Crippen LogP contribution in [0.15, 0.2) is 95.9 Å². The number of nitrogens with one attached hydrogen (secondary N) is 1. The Morgan fingerprint density at radius 3 is 2.13 bits per heavy atom. The molecule has 1 fully saturated rings. The number of carbonyl (C=O) groups excluding carboxylic acids is 2. The Balaban J connectivity index is 1.61. The van der Waals surface area contributed by atoms with Crippen LogP contribution >= 0.6 is 23.2 Å². The maximum absolute atomic E-state index is 14.9. The molecule has 1 aliphatic rings. The van der Waals surface area contributed by atoms with E-state index in [-0.39, 0.29) is 41.2 Å². The van der Waals surface area contributed by atoms with Gasteiger partial charge in [-0.1, -0.05) is 72.4 Å². The van der Waals surface area contributed by atoms with E-state index in [1.165, 1.54) is 37.3 Å². The van der Waals surface area contributed by atoms with E-state index in [0.29, 0.717) is 33.7 Å². The second-order valence-electron chi connectivity index (χ2n) is 12.4. The van der Waals surface area contributed by atoms with Gasteiger partial charge in [-0.05, 0) is 73.9 Å². The van der Waals surface area contributed by atoms with Crippen molar-refractivity contribution in [1.82, 2.24) is 10.2 Å². The van der Waals surface area contributed by atoms with Gasteiger partial charge >= 0.3 is 0 Å². The van der Waals surface area contributed by atoms with Crippen LogP contribution in [0.3, 0.4) is 0 Å². The van der Waals surface area contributed by atoms with E-state index in [4.69, 9.17) is 37.4 Å². The summed E-state index contributed by atoms with van der Waals surface area (Å²) in [5.41, 5.74) is 1.46. The number of halogens is 2. The Bertz CT molecular complexity index is 1920. The SMILES string of the molecule is CCOc1ccc(N(CC(=O)N(Cc2c(Cl)cccc2Cl)C(Cc2ccccc2)C(=O)NC2CCCC2)S(=O)(=O)c2ccc(OC)c(OC)c2)cc1. The molecule has 0 saturated heterocycles. The van der Waals surface area contributed by atoms with Crippen LogP contribution in [-0.2, 0) is 32.6 Å². The summed E-state index contributed by atoms with van der Waals surface area (Å²) in [5.74, 6) is 0.0783. The van der Waals surface area contributed by atoms with Gasteiger partial charge in [-0.25, -0.2) is 8.42 Å². The van der Waals surface area contributed by atoms with E-state index < -0.39 is 28.5 Å². The Morgan fingerprint density at radius 1 is 0.865 bits per heavy atom. The van der Waals surface area contributed by atoms with Crippen LogP contribution in [0.5, 0.6) is 17.2 Å². The quantitative estimate of drug-likeness (QED) is 0.127. The largest absolute Gasteiger partial charge is 0.494 e. The number of carbonyl (C=O) groups is 2. The molecule has 0 bridgehead atoms. The second-order valence-corrected chi connectivity index (χ2v) is 15.0. The molecule has 0 spiro atoms. The number of amides is 2. The molecule has 4 aromatic carbocycles. The average Bonchev–Trinajstić information content (AvgIpc) is 3.66. The molecular weight excluding hydrogens is 725 g/mol. The highest BCUT2D eigenvalue weighted by molar-refractivity contribution is 7.92. The summed E-state index contributed by atoms with van der Waals surface area (Å²) in [7, 11) is -1.57. The van der Waals surface area contributed by atoms with Crippen molar-refractivity contribution in [3.05, 3.63) is 112 Å². The minimum atomic E-state index is -4.42. The highest BCUT2D eigenvalue weighted by Gasteiger charge is 2.36. The lowest BCUT2D eigenvalue weighted by molar-refractivity contribution is -0.140. The van der Waals surface area contributed by atoms with Gasteiger partial charge in [0.1, 0.15) is 18.3 Å². The molecule has 1 saturated carbocycles. The standard InChI is InChI=1S/C39H43Cl2N3O7S/c1-4-51-30-19-17-29(18-20-30)44(52(47,48)31-21-22-36(49-2)37(24-31)50-3)26-38(45)43(25-32-33(40)15-10-16-34(32)41)35(23-27-11-6-5-7-12-27)39(46)42-28-13-8-9-14-28/h5-7,10-12,15-22,24,28,35H,4,8-9,13-14,23,25-26H2,1-3H3,(H,42,46). The highest BCUT2D eigenvalue weighted by atomic mass is 35.5. The molecule has 0 heterocycles. The fourth-order valence-corrected chi connectivity index (χ4v) is 8.23. The molecule has 52 heavy (non-hydrogen) atoms. The molecular formula is C39H43Cl2N3O7S. The van der Waals surface area contributed by atoms with Crippen LogP contribution in [0.2, 0.25) is 10.0 Å². The zero-order valence-electron chi connectivity index (χ0n) is 29.4. The Labute approximate surface area is 315 Å². The van der Waals surface area contributed by atoms with E-state index >= 15 is 0 Å². The predicted octanol–water partition coefficient (Wildman–Crippen LogP) is 7.30. The molecule has 0 radical (unpaired) electrons. The molecule has 1 unspecified atom stereocenters. The van der Waals surface area contributed by atoms with Crippen molar-refractivity contribution in [1.29, 1.82) is 0 Å². The molecule has 1 aliphatic carbocycles. The predicted molar refractivity (Wildman–Crippen MR) is 203 cm³/mol. The zero-order chi connectivity index (χ0) is 37.3. The van der Waals surface area contributed by atoms with Crippen LogP contribution in [0.4, 0.5) is 5.69 Å². The van der Waals surface area contributed by atoms with Crippen LogP contribution in [0, 0.1) is 0 Å². The molecule has 10 nitrogen and oxygen atoms in total. The molecule has 0 aliphatic heterocycles. The monoisotopic (exact) mass is 767 g/mol. The van der Waals surface area contributed by atoms with E-state index in [2.05, 4.69) is 5.32 Å². The van der Waals surface area contributed by atoms with Crippen LogP contribution in [0.25, 0.3) is 0 Å². The first-order valence-corrected chi connectivity index (χ1v) is 19.3. The third kappa shape index (κ3) is 9.31. The van der Waals surface area contributed by atoms with Crippen molar-refractivity contribution >= 4 is 50.7 Å². The third-order valence-corrected chi connectivity index (χ3v) is 11.5. The van der Waals surface area contributed by atoms with Gasteiger partial charge in [0, 0.05) is 40.7 Å². The molecule has 0 aromatic heterocycles. The van der Waals surface area contributed by atoms with E-state index in [9.17, 15) is 18.0 Å². The number of ether oxygens (including phenoxy) is 3. The van der Waals surface area contributed by atoms with Crippen molar-refractivity contribution in [3.63, 3.8) is 0 Å². The first-order chi connectivity index (χ1) is 25.0. The van der Waals surface area contributed by atoms with Crippen molar-refractivity contribution in [2.75, 3.05) is 31.7 Å². The molecule has 4 aromatic rings. The molecule has 5 rings (SSSR count). The van der Waals surface area contributed by atoms with E-state index in [0.717, 1.165) is 35.6 Å². The number of hydrogen-bond donors (Lipinski definition) is 1. The number of methoxy groups -OCH3 is 2. The smallest absolute Gasteiger partial charge is 0.264 e. The first-order valence-electron chi connectivity index (χ1n) is 17.1. The van der Waals surface area contributed by atoms with Gasteiger partial charge in [-0.2, -0.15) is 0 Å². The normalized spacial score (nSPS) is 13.6. The fraction of sp³-hybridized carbons (Fsp3) is 0.333. The number of anilines is 1. The van der Waals surface area contributed by atoms with Gasteiger partial charge in [0.15, 0.2) is 11.5 Å². The zero-order valence-corrected chi connectivity index (χ0v) is 31.7. The summed E-state index contributed by atoms with van der Waals surface area (Å²) in [6.07, 6.45) is 3.83. The highest BCUT2D eigenvalue weighted by Crippen LogP contribution is 2.34. The fourth-order valence-electron chi connectivity index (χ4n) is 6.28. The second kappa shape index (κ2) is 17.9. The van der Waals surface area contributed by atoms with Gasteiger partial charge in [-0.15, -0.1) is 0 Å². The Kier molecular flexibility index (Phi) is 13.3. The first kappa shape index (κ1) is 38.8. The van der Waals surface area contributed by atoms with Crippen molar-refractivity contribution in [2.45, 2.75) is 62.6 Å². The van der Waals surface area contributed by atoms with Gasteiger partial charge in [0.05, 0.1) is 31.4 Å². The lowest BCUT2D eigenvalue weighted by atomic mass is 10.0. The molecule has 1 atom stereocenters. The third-order valence-electron chi connectivity index (χ3n) is 9.02. The number of nitrogens with zero attached hydrogens (tertiary/aromatic N) is 2. The summed E-state index contributed by atoms with van der Waals surface area (Å²) in [4.78, 5) is 30.4. The van der Waals surface area contributed by atoms with Gasteiger partial charge in [0.2, 0.25) is 11.8 Å². The topological polar surface area (TPSA) is 114 Å². The summed E-state index contributed by atoms with van der Waals surface area (Å²) in [6, 6.07) is 23.9. The summed E-state index contributed by atoms with van der Waals surface area (Å²) in [6.45, 7) is 1.45. The van der Waals surface area contributed by atoms with Gasteiger partial charge in [0.25, 0.3) is 10.0 Å². The van der Waals surface area contributed by atoms with Crippen molar-refractivity contribution in [3.8, 4) is 17.2 Å². The minimum absolute atomic E-state index is 0.0302. The van der Waals surface area contributed by atoms with E-state index in [1.54, 1.807) is 42.5 Å². The summed E-state index contributed by atoms with van der Waals surface area (Å²) < 4.78 is 46.5. The number of sulfonamides is 1. The number of benzene rings is 4. The lowest BCUT2D eigenvalue weighted by Crippen LogP contribution is -2.54. The van der Waals surface area contributed by atoms with Gasteiger partial charge in [-0.3, -0.25) is 13.9 Å². The Morgan fingerprint density at radius 2 is 1.52 bits per heavy atom. The molecule has 2 amide bonds. The van der Waals surface area contributed by atoms with E-state index in [1.807, 2.05) is 37.3 Å². The van der Waals surface area contributed by atoms with Crippen LogP contribution in [-0.4, -0.2) is 64.6 Å². The number of rotatable bonds is 16. The van der Waals surface area contributed by atoms with Crippen LogP contribution in [0.1, 0.15) is 43.7 Å². The minimum Gasteiger partial charge on any atom is -0.494 e. The summed E-state index contributed by atoms with van der Waals surface area (Å²) >= 11 is 13.3. The van der Waals surface area contributed by atoms with Crippen LogP contribution < -0.4 is 23.8 Å². The molecule has 13 heteroatoms. The maximum Gasteiger partial charge on any atom is 0.264 e. The average molecular weight is 769 g/mol. The maximum atomic E-state index is 14.9.